The van der Waals surface area contributed by atoms with Crippen molar-refractivity contribution in [3.63, 3.8) is 0 Å². The molecule has 28 heavy (non-hydrogen) atoms. The molecule has 0 bridgehead atoms. The highest BCUT2D eigenvalue weighted by Crippen LogP contribution is 2.34. The van der Waals surface area contributed by atoms with Gasteiger partial charge in [-0.15, -0.1) is 0 Å². The third-order valence-corrected chi connectivity index (χ3v) is 5.28. The highest BCUT2D eigenvalue weighted by molar-refractivity contribution is 6.06. The lowest BCUT2D eigenvalue weighted by atomic mass is 9.99. The van der Waals surface area contributed by atoms with Gasteiger partial charge in [-0.1, -0.05) is 12.1 Å². The fourth-order valence-electron chi connectivity index (χ4n) is 3.80. The lowest BCUT2D eigenvalue weighted by Gasteiger charge is -2.29. The average molecular weight is 375 g/mol. The number of H-pyrrole nitrogens is 2. The van der Waals surface area contributed by atoms with Gasteiger partial charge in [0, 0.05) is 35.6 Å². The third-order valence-electron chi connectivity index (χ3n) is 5.28. The lowest BCUT2D eigenvalue weighted by Crippen LogP contribution is -2.46. The van der Waals surface area contributed by atoms with Gasteiger partial charge < -0.3 is 19.9 Å². The number of nitrogens with one attached hydrogen (secondary N) is 3. The number of aromatic nitrogens is 3. The summed E-state index contributed by atoms with van der Waals surface area (Å²) in [5, 5.41) is 12.2. The van der Waals surface area contributed by atoms with Gasteiger partial charge in [-0.2, -0.15) is 5.10 Å². The van der Waals surface area contributed by atoms with Gasteiger partial charge >= 0.3 is 0 Å². The number of ether oxygens (including phenoxy) is 1. The molecule has 0 unspecified atom stereocenters. The van der Waals surface area contributed by atoms with Crippen LogP contribution < -0.4 is 5.32 Å². The highest BCUT2D eigenvalue weighted by Gasteiger charge is 2.25. The lowest BCUT2D eigenvalue weighted by molar-refractivity contribution is -0.132. The number of carbonyl (C=O) groups is 1. The first kappa shape index (κ1) is 17.0. The van der Waals surface area contributed by atoms with Crippen LogP contribution in [0.3, 0.4) is 0 Å². The number of morpholine rings is 1. The zero-order valence-corrected chi connectivity index (χ0v) is 15.5. The van der Waals surface area contributed by atoms with Crippen molar-refractivity contribution in [1.82, 2.24) is 20.1 Å². The van der Waals surface area contributed by atoms with Crippen LogP contribution in [0.2, 0.25) is 0 Å². The van der Waals surface area contributed by atoms with E-state index in [0.717, 1.165) is 45.2 Å². The Labute approximate surface area is 161 Å². The molecule has 3 N–H and O–H groups in total. The summed E-state index contributed by atoms with van der Waals surface area (Å²) in [4.78, 5) is 18.1. The molecule has 1 amide bonds. The summed E-state index contributed by atoms with van der Waals surface area (Å²) in [7, 11) is 2.00. The van der Waals surface area contributed by atoms with Crippen molar-refractivity contribution in [2.24, 2.45) is 0 Å². The number of nitrogens with zero attached hydrogens (tertiary/aromatic N) is 2. The van der Waals surface area contributed by atoms with Crippen LogP contribution in [-0.2, 0) is 9.53 Å². The summed E-state index contributed by atoms with van der Waals surface area (Å²) in [5.41, 5.74) is 4.79. The Bertz CT molecular complexity index is 1160. The van der Waals surface area contributed by atoms with Crippen LogP contribution in [0.15, 0.2) is 48.8 Å². The molecule has 7 heteroatoms. The molecule has 1 aliphatic rings. The highest BCUT2D eigenvalue weighted by atomic mass is 16.5. The van der Waals surface area contributed by atoms with Crippen LogP contribution in [0.4, 0.5) is 5.69 Å². The van der Waals surface area contributed by atoms with Crippen molar-refractivity contribution < 1.29 is 9.53 Å². The van der Waals surface area contributed by atoms with Crippen molar-refractivity contribution in [2.75, 3.05) is 32.1 Å². The molecule has 0 spiro atoms. The van der Waals surface area contributed by atoms with Crippen LogP contribution in [0.25, 0.3) is 32.9 Å². The maximum Gasteiger partial charge on any atom is 0.254 e. The van der Waals surface area contributed by atoms with E-state index in [2.05, 4.69) is 43.6 Å². The number of benzene rings is 2. The van der Waals surface area contributed by atoms with Crippen molar-refractivity contribution in [1.29, 1.82) is 0 Å². The molecule has 1 atom stereocenters. The van der Waals surface area contributed by atoms with E-state index in [9.17, 15) is 4.79 Å². The quantitative estimate of drug-likeness (QED) is 0.514. The molecular formula is C21H21N5O2. The molecule has 5 rings (SSSR count). The van der Waals surface area contributed by atoms with Gasteiger partial charge in [0.15, 0.2) is 0 Å². The van der Waals surface area contributed by atoms with E-state index in [0.29, 0.717) is 13.2 Å². The van der Waals surface area contributed by atoms with E-state index in [-0.39, 0.29) is 5.91 Å². The standard InChI is InChI=1S/C21H21N5O2/c1-26-7-8-28-20(12-26)21(27)24-18-9-13(10-19-16(18)11-23-25-19)14-3-2-4-17-15(14)5-6-22-17/h2-6,9-11,20,22H,7-8,12H2,1H3,(H,23,25)(H,24,27)/t20-/m0/s1. The molecule has 4 aromatic rings. The molecule has 2 aromatic heterocycles. The molecule has 0 radical (unpaired) electrons. The number of fused-ring (bicyclic) bond motifs is 2. The minimum absolute atomic E-state index is 0.133. The number of hydrogen-bond donors (Lipinski definition) is 3. The topological polar surface area (TPSA) is 86.0 Å². The summed E-state index contributed by atoms with van der Waals surface area (Å²) in [5.74, 6) is -0.133. The minimum Gasteiger partial charge on any atom is -0.366 e. The van der Waals surface area contributed by atoms with Crippen molar-refractivity contribution in [2.45, 2.75) is 6.10 Å². The Kier molecular flexibility index (Phi) is 4.11. The fraction of sp³-hybridized carbons (Fsp3) is 0.238. The van der Waals surface area contributed by atoms with Crippen LogP contribution in [-0.4, -0.2) is 58.8 Å². The van der Waals surface area contributed by atoms with E-state index in [4.69, 9.17) is 4.74 Å². The first-order valence-electron chi connectivity index (χ1n) is 9.33. The molecule has 7 nitrogen and oxygen atoms in total. The molecule has 1 fully saturated rings. The van der Waals surface area contributed by atoms with Crippen LogP contribution in [0, 0.1) is 0 Å². The van der Waals surface area contributed by atoms with Gasteiger partial charge in [-0.3, -0.25) is 9.89 Å². The van der Waals surface area contributed by atoms with Gasteiger partial charge in [-0.05, 0) is 42.4 Å². The van der Waals surface area contributed by atoms with Gasteiger partial charge in [-0.25, -0.2) is 0 Å². The summed E-state index contributed by atoms with van der Waals surface area (Å²) in [6.07, 6.45) is 3.19. The minimum atomic E-state index is -0.475. The van der Waals surface area contributed by atoms with Crippen molar-refractivity contribution in [3.8, 4) is 11.1 Å². The predicted molar refractivity (Wildman–Crippen MR) is 109 cm³/mol. The van der Waals surface area contributed by atoms with Crippen LogP contribution in [0.5, 0.6) is 0 Å². The van der Waals surface area contributed by atoms with E-state index < -0.39 is 6.10 Å². The molecule has 0 aliphatic carbocycles. The molecule has 2 aromatic carbocycles. The second kappa shape index (κ2) is 6.78. The smallest absolute Gasteiger partial charge is 0.254 e. The number of likely N-dealkylation sites (N-methyl/N-ethyl adjacent to an activating group) is 1. The normalized spacial score (nSPS) is 18.0. The fourth-order valence-corrected chi connectivity index (χ4v) is 3.80. The second-order valence-electron chi connectivity index (χ2n) is 7.21. The van der Waals surface area contributed by atoms with Crippen LogP contribution in [0.1, 0.15) is 0 Å². The van der Waals surface area contributed by atoms with E-state index in [1.54, 1.807) is 6.20 Å². The summed E-state index contributed by atoms with van der Waals surface area (Å²) < 4.78 is 5.66. The van der Waals surface area contributed by atoms with Crippen molar-refractivity contribution >= 4 is 33.4 Å². The zero-order chi connectivity index (χ0) is 19.1. The first-order valence-corrected chi connectivity index (χ1v) is 9.33. The van der Waals surface area contributed by atoms with Gasteiger partial charge in [0.25, 0.3) is 5.91 Å². The molecule has 1 saturated heterocycles. The predicted octanol–water partition coefficient (Wildman–Crippen LogP) is 2.98. The van der Waals surface area contributed by atoms with Crippen molar-refractivity contribution in [3.05, 3.63) is 48.8 Å². The molecular weight excluding hydrogens is 354 g/mol. The maximum atomic E-state index is 12.8. The molecule has 3 heterocycles. The number of rotatable bonds is 3. The number of aromatic amines is 2. The Morgan fingerprint density at radius 3 is 3.07 bits per heavy atom. The Morgan fingerprint density at radius 1 is 1.25 bits per heavy atom. The Hall–Kier alpha value is -3.16. The average Bonchev–Trinajstić information content (AvgIpc) is 3.36. The van der Waals surface area contributed by atoms with E-state index >= 15 is 0 Å². The number of anilines is 1. The zero-order valence-electron chi connectivity index (χ0n) is 15.5. The Morgan fingerprint density at radius 2 is 2.18 bits per heavy atom. The maximum absolute atomic E-state index is 12.8. The van der Waals surface area contributed by atoms with Crippen LogP contribution >= 0.6 is 0 Å². The largest absolute Gasteiger partial charge is 0.366 e. The van der Waals surface area contributed by atoms with Gasteiger partial charge in [0.2, 0.25) is 0 Å². The van der Waals surface area contributed by atoms with Gasteiger partial charge in [0.05, 0.1) is 24.0 Å². The Balaban J connectivity index is 1.55. The summed E-state index contributed by atoms with van der Waals surface area (Å²) >= 11 is 0. The van der Waals surface area contributed by atoms with E-state index in [1.165, 1.54) is 0 Å². The molecule has 0 saturated carbocycles. The van der Waals surface area contributed by atoms with E-state index in [1.807, 2.05) is 31.4 Å². The number of hydrogen-bond acceptors (Lipinski definition) is 4. The monoisotopic (exact) mass is 375 g/mol. The first-order chi connectivity index (χ1) is 13.7. The SMILES string of the molecule is CN1CCO[C@H](C(=O)Nc2cc(-c3cccc4[nH]ccc34)cc3[nH]ncc23)C1. The third kappa shape index (κ3) is 2.94. The van der Waals surface area contributed by atoms with Gasteiger partial charge in [0.1, 0.15) is 6.10 Å². The summed E-state index contributed by atoms with van der Waals surface area (Å²) in [6, 6.07) is 12.3. The molecule has 1 aliphatic heterocycles. The molecule has 142 valence electrons. The second-order valence-corrected chi connectivity index (χ2v) is 7.21. The number of carbonyl (C=O) groups excluding carboxylic acids is 1. The number of amides is 1. The summed E-state index contributed by atoms with van der Waals surface area (Å²) in [6.45, 7) is 1.99.